The molecule has 0 amide bonds. The monoisotopic (exact) mass is 340 g/mol. The molecule has 132 valence electrons. The number of hydrogen-bond donors (Lipinski definition) is 0. The van der Waals surface area contributed by atoms with E-state index in [1.807, 2.05) is 19.1 Å². The first kappa shape index (κ1) is 16.1. The van der Waals surface area contributed by atoms with Crippen molar-refractivity contribution in [1.82, 2.24) is 20.2 Å². The maximum atomic E-state index is 5.25. The van der Waals surface area contributed by atoms with Crippen molar-refractivity contribution in [3.63, 3.8) is 0 Å². The van der Waals surface area contributed by atoms with Crippen molar-refractivity contribution < 1.29 is 4.74 Å². The van der Waals surface area contributed by atoms with Crippen LogP contribution in [0.15, 0.2) is 24.5 Å². The SMILES string of the molecule is COc1cc(N2CCC[C@@]3(CCN(c4ccc(C)nn4)C3)C2)ncn1. The zero-order valence-corrected chi connectivity index (χ0v) is 14.9. The van der Waals surface area contributed by atoms with Gasteiger partial charge in [0.05, 0.1) is 12.8 Å². The van der Waals surface area contributed by atoms with Crippen molar-refractivity contribution >= 4 is 11.6 Å². The predicted molar refractivity (Wildman–Crippen MR) is 96.1 cm³/mol. The fourth-order valence-corrected chi connectivity index (χ4v) is 4.04. The molecular weight excluding hydrogens is 316 g/mol. The normalized spacial score (nSPS) is 23.3. The van der Waals surface area contributed by atoms with Crippen LogP contribution in [0.25, 0.3) is 0 Å². The average molecular weight is 340 g/mol. The summed E-state index contributed by atoms with van der Waals surface area (Å²) in [5.41, 5.74) is 1.25. The number of methoxy groups -OCH3 is 1. The van der Waals surface area contributed by atoms with Gasteiger partial charge in [-0.2, -0.15) is 5.10 Å². The molecule has 0 saturated carbocycles. The number of aromatic nitrogens is 4. The third kappa shape index (κ3) is 3.23. The lowest BCUT2D eigenvalue weighted by Gasteiger charge is -2.41. The largest absolute Gasteiger partial charge is 0.481 e. The Hall–Kier alpha value is -2.44. The van der Waals surface area contributed by atoms with E-state index in [0.29, 0.717) is 11.3 Å². The van der Waals surface area contributed by atoms with E-state index in [0.717, 1.165) is 43.5 Å². The maximum absolute atomic E-state index is 5.25. The van der Waals surface area contributed by atoms with Gasteiger partial charge in [-0.3, -0.25) is 0 Å². The van der Waals surface area contributed by atoms with Gasteiger partial charge in [0.2, 0.25) is 5.88 Å². The van der Waals surface area contributed by atoms with Crippen molar-refractivity contribution in [1.29, 1.82) is 0 Å². The molecule has 0 aliphatic carbocycles. The predicted octanol–water partition coefficient (Wildman–Crippen LogP) is 2.08. The second-order valence-corrected chi connectivity index (χ2v) is 7.15. The number of hydrogen-bond acceptors (Lipinski definition) is 7. The molecule has 0 aromatic carbocycles. The summed E-state index contributed by atoms with van der Waals surface area (Å²) in [6, 6.07) is 6.04. The minimum atomic E-state index is 0.295. The molecule has 0 bridgehead atoms. The Balaban J connectivity index is 1.50. The van der Waals surface area contributed by atoms with Gasteiger partial charge >= 0.3 is 0 Å². The molecule has 2 aliphatic rings. The molecule has 1 spiro atoms. The fraction of sp³-hybridized carbons (Fsp3) is 0.556. The highest BCUT2D eigenvalue weighted by Gasteiger charge is 2.42. The molecular formula is C18H24N6O. The van der Waals surface area contributed by atoms with Gasteiger partial charge in [0, 0.05) is 37.7 Å². The van der Waals surface area contributed by atoms with Crippen LogP contribution in [0, 0.1) is 12.3 Å². The number of piperidine rings is 1. The zero-order valence-electron chi connectivity index (χ0n) is 14.9. The molecule has 2 aliphatic heterocycles. The van der Waals surface area contributed by atoms with E-state index < -0.39 is 0 Å². The minimum absolute atomic E-state index is 0.295. The molecule has 0 N–H and O–H groups in total. The van der Waals surface area contributed by atoms with Crippen LogP contribution in [0.1, 0.15) is 25.0 Å². The highest BCUT2D eigenvalue weighted by Crippen LogP contribution is 2.41. The van der Waals surface area contributed by atoms with Gasteiger partial charge < -0.3 is 14.5 Å². The summed E-state index contributed by atoms with van der Waals surface area (Å²) in [5.74, 6) is 2.57. The topological polar surface area (TPSA) is 67.3 Å². The standard InChI is InChI=1S/C18H24N6O/c1-14-4-5-15(22-21-14)24-9-7-18(12-24)6-3-8-23(11-18)16-10-17(25-2)20-13-19-16/h4-5,10,13H,3,6-9,11-12H2,1-2H3/t18-/m1/s1. The van der Waals surface area contributed by atoms with Crippen LogP contribution in [-0.2, 0) is 0 Å². The molecule has 0 unspecified atom stereocenters. The highest BCUT2D eigenvalue weighted by molar-refractivity contribution is 5.44. The second-order valence-electron chi connectivity index (χ2n) is 7.15. The Labute approximate surface area is 148 Å². The first-order valence-corrected chi connectivity index (χ1v) is 8.84. The molecule has 7 heteroatoms. The molecule has 2 saturated heterocycles. The van der Waals surface area contributed by atoms with Crippen molar-refractivity contribution in [3.8, 4) is 5.88 Å². The Morgan fingerprint density at radius 2 is 1.84 bits per heavy atom. The van der Waals surface area contributed by atoms with E-state index in [-0.39, 0.29) is 0 Å². The van der Waals surface area contributed by atoms with E-state index in [4.69, 9.17) is 4.74 Å². The van der Waals surface area contributed by atoms with Crippen LogP contribution in [0.3, 0.4) is 0 Å². The van der Waals surface area contributed by atoms with Crippen LogP contribution < -0.4 is 14.5 Å². The van der Waals surface area contributed by atoms with E-state index in [1.54, 1.807) is 13.4 Å². The smallest absolute Gasteiger partial charge is 0.218 e. The third-order valence-corrected chi connectivity index (χ3v) is 5.37. The second kappa shape index (κ2) is 6.46. The molecule has 0 radical (unpaired) electrons. The fourth-order valence-electron chi connectivity index (χ4n) is 4.04. The lowest BCUT2D eigenvalue weighted by molar-refractivity contribution is 0.262. The van der Waals surface area contributed by atoms with Gasteiger partial charge in [0.15, 0.2) is 5.82 Å². The number of ether oxygens (including phenoxy) is 1. The van der Waals surface area contributed by atoms with Crippen molar-refractivity contribution in [2.24, 2.45) is 5.41 Å². The molecule has 2 fully saturated rings. The van der Waals surface area contributed by atoms with Crippen molar-refractivity contribution in [2.45, 2.75) is 26.2 Å². The summed E-state index contributed by atoms with van der Waals surface area (Å²) in [6.45, 7) is 6.09. The zero-order chi connectivity index (χ0) is 17.3. The van der Waals surface area contributed by atoms with Gasteiger partial charge in [0.25, 0.3) is 0 Å². The lowest BCUT2D eigenvalue weighted by atomic mass is 9.79. The first-order valence-electron chi connectivity index (χ1n) is 8.84. The Morgan fingerprint density at radius 1 is 1.00 bits per heavy atom. The Morgan fingerprint density at radius 3 is 2.60 bits per heavy atom. The van der Waals surface area contributed by atoms with Crippen molar-refractivity contribution in [2.75, 3.05) is 43.1 Å². The van der Waals surface area contributed by atoms with Gasteiger partial charge in [-0.15, -0.1) is 5.10 Å². The molecule has 7 nitrogen and oxygen atoms in total. The van der Waals surface area contributed by atoms with Crippen LogP contribution in [-0.4, -0.2) is 53.5 Å². The molecule has 4 heterocycles. The lowest BCUT2D eigenvalue weighted by Crippen LogP contribution is -2.45. The van der Waals surface area contributed by atoms with Gasteiger partial charge in [-0.25, -0.2) is 9.97 Å². The van der Waals surface area contributed by atoms with Gasteiger partial charge in [-0.1, -0.05) is 0 Å². The van der Waals surface area contributed by atoms with E-state index in [1.165, 1.54) is 19.3 Å². The Bertz CT molecular complexity index is 737. The van der Waals surface area contributed by atoms with Gasteiger partial charge in [-0.05, 0) is 38.3 Å². The summed E-state index contributed by atoms with van der Waals surface area (Å²) in [7, 11) is 1.64. The van der Waals surface area contributed by atoms with Crippen LogP contribution in [0.4, 0.5) is 11.6 Å². The summed E-state index contributed by atoms with van der Waals surface area (Å²) in [6.07, 6.45) is 5.20. The summed E-state index contributed by atoms with van der Waals surface area (Å²) in [5, 5.41) is 8.57. The van der Waals surface area contributed by atoms with Crippen molar-refractivity contribution in [3.05, 3.63) is 30.2 Å². The summed E-state index contributed by atoms with van der Waals surface area (Å²) >= 11 is 0. The number of rotatable bonds is 3. The first-order chi connectivity index (χ1) is 12.2. The van der Waals surface area contributed by atoms with Crippen LogP contribution >= 0.6 is 0 Å². The quantitative estimate of drug-likeness (QED) is 0.847. The van der Waals surface area contributed by atoms with E-state index in [9.17, 15) is 0 Å². The highest BCUT2D eigenvalue weighted by atomic mass is 16.5. The average Bonchev–Trinajstić information content (AvgIpc) is 3.05. The van der Waals surface area contributed by atoms with Crippen LogP contribution in [0.5, 0.6) is 5.88 Å². The number of aryl methyl sites for hydroxylation is 1. The number of anilines is 2. The third-order valence-electron chi connectivity index (χ3n) is 5.37. The molecule has 25 heavy (non-hydrogen) atoms. The molecule has 2 aromatic rings. The van der Waals surface area contributed by atoms with E-state index >= 15 is 0 Å². The number of nitrogens with zero attached hydrogens (tertiary/aromatic N) is 6. The van der Waals surface area contributed by atoms with Crippen LogP contribution in [0.2, 0.25) is 0 Å². The summed E-state index contributed by atoms with van der Waals surface area (Å²) in [4.78, 5) is 13.3. The molecule has 4 rings (SSSR count). The minimum Gasteiger partial charge on any atom is -0.481 e. The van der Waals surface area contributed by atoms with E-state index in [2.05, 4.69) is 36.0 Å². The molecule has 1 atom stereocenters. The molecule has 2 aromatic heterocycles. The summed E-state index contributed by atoms with van der Waals surface area (Å²) < 4.78 is 5.25. The maximum Gasteiger partial charge on any atom is 0.218 e. The van der Waals surface area contributed by atoms with Gasteiger partial charge in [0.1, 0.15) is 12.1 Å². The Kier molecular flexibility index (Phi) is 4.15.